The molecule has 0 bridgehead atoms. The van der Waals surface area contributed by atoms with E-state index in [2.05, 4.69) is 16.8 Å². The van der Waals surface area contributed by atoms with Gasteiger partial charge in [-0.2, -0.15) is 0 Å². The SMILES string of the molecule is CC1CCC(N(C)c2ncc(F)cc2CO)CC1. The fourth-order valence-electron chi connectivity index (χ4n) is 2.71. The summed E-state index contributed by atoms with van der Waals surface area (Å²) >= 11 is 0. The standard InChI is InChI=1S/C14H21FN2O/c1-10-3-5-13(6-4-10)17(2)14-11(9-18)7-12(15)8-16-14/h7-8,10,13,18H,3-6,9H2,1-2H3. The first-order valence-corrected chi connectivity index (χ1v) is 6.60. The van der Waals surface area contributed by atoms with Crippen molar-refractivity contribution < 1.29 is 9.50 Å². The van der Waals surface area contributed by atoms with E-state index < -0.39 is 5.82 Å². The molecule has 3 nitrogen and oxygen atoms in total. The number of hydrogen-bond donors (Lipinski definition) is 1. The van der Waals surface area contributed by atoms with Gasteiger partial charge in [0, 0.05) is 18.7 Å². The lowest BCUT2D eigenvalue weighted by molar-refractivity contribution is 0.280. The van der Waals surface area contributed by atoms with Gasteiger partial charge in [0.1, 0.15) is 11.6 Å². The van der Waals surface area contributed by atoms with Crippen LogP contribution in [0.4, 0.5) is 10.2 Å². The second-order valence-electron chi connectivity index (χ2n) is 5.32. The van der Waals surface area contributed by atoms with Crippen LogP contribution < -0.4 is 4.90 Å². The minimum absolute atomic E-state index is 0.173. The van der Waals surface area contributed by atoms with Crippen molar-refractivity contribution in [3.8, 4) is 0 Å². The average molecular weight is 252 g/mol. The molecule has 4 heteroatoms. The van der Waals surface area contributed by atoms with Gasteiger partial charge in [-0.1, -0.05) is 6.92 Å². The summed E-state index contributed by atoms with van der Waals surface area (Å²) in [6, 6.07) is 1.81. The molecule has 2 rings (SSSR count). The van der Waals surface area contributed by atoms with Crippen molar-refractivity contribution in [3.63, 3.8) is 0 Å². The van der Waals surface area contributed by atoms with E-state index in [-0.39, 0.29) is 6.61 Å². The van der Waals surface area contributed by atoms with Gasteiger partial charge in [-0.3, -0.25) is 0 Å². The lowest BCUT2D eigenvalue weighted by Crippen LogP contribution is -2.36. The number of rotatable bonds is 3. The van der Waals surface area contributed by atoms with Crippen LogP contribution in [0.3, 0.4) is 0 Å². The van der Waals surface area contributed by atoms with Gasteiger partial charge in [-0.15, -0.1) is 0 Å². The van der Waals surface area contributed by atoms with E-state index in [9.17, 15) is 9.50 Å². The zero-order valence-corrected chi connectivity index (χ0v) is 11.1. The van der Waals surface area contributed by atoms with E-state index in [4.69, 9.17) is 0 Å². The third kappa shape index (κ3) is 2.80. The van der Waals surface area contributed by atoms with Crippen LogP contribution in [0.5, 0.6) is 0 Å². The summed E-state index contributed by atoms with van der Waals surface area (Å²) in [6.07, 6.45) is 5.95. The van der Waals surface area contributed by atoms with E-state index in [1.54, 1.807) is 0 Å². The Balaban J connectivity index is 2.15. The summed E-state index contributed by atoms with van der Waals surface area (Å²) in [7, 11) is 1.99. The Bertz CT molecular complexity index is 403. The van der Waals surface area contributed by atoms with E-state index in [0.717, 1.165) is 18.8 Å². The predicted molar refractivity (Wildman–Crippen MR) is 69.9 cm³/mol. The quantitative estimate of drug-likeness (QED) is 0.898. The fourth-order valence-corrected chi connectivity index (χ4v) is 2.71. The van der Waals surface area contributed by atoms with Crippen LogP contribution in [0.25, 0.3) is 0 Å². The van der Waals surface area contributed by atoms with Gasteiger partial charge in [0.25, 0.3) is 0 Å². The second kappa shape index (κ2) is 5.65. The third-order valence-corrected chi connectivity index (χ3v) is 3.95. The molecular weight excluding hydrogens is 231 g/mol. The van der Waals surface area contributed by atoms with Crippen LogP contribution in [-0.4, -0.2) is 23.2 Å². The molecule has 1 saturated carbocycles. The van der Waals surface area contributed by atoms with Crippen molar-refractivity contribution >= 4 is 5.82 Å². The highest BCUT2D eigenvalue weighted by Gasteiger charge is 2.23. The molecule has 0 amide bonds. The molecule has 0 spiro atoms. The number of pyridine rings is 1. The zero-order valence-electron chi connectivity index (χ0n) is 11.1. The lowest BCUT2D eigenvalue weighted by atomic mass is 9.86. The molecule has 0 radical (unpaired) electrons. The first kappa shape index (κ1) is 13.3. The molecule has 18 heavy (non-hydrogen) atoms. The maximum Gasteiger partial charge on any atom is 0.142 e. The highest BCUT2D eigenvalue weighted by molar-refractivity contribution is 5.46. The van der Waals surface area contributed by atoms with Gasteiger partial charge in [-0.05, 0) is 37.7 Å². The number of nitrogens with zero attached hydrogens (tertiary/aromatic N) is 2. The summed E-state index contributed by atoms with van der Waals surface area (Å²) in [4.78, 5) is 6.23. The zero-order chi connectivity index (χ0) is 13.1. The smallest absolute Gasteiger partial charge is 0.142 e. The second-order valence-corrected chi connectivity index (χ2v) is 5.32. The van der Waals surface area contributed by atoms with Gasteiger partial charge in [0.2, 0.25) is 0 Å². The Morgan fingerprint density at radius 1 is 1.39 bits per heavy atom. The van der Waals surface area contributed by atoms with Gasteiger partial charge in [0.15, 0.2) is 0 Å². The molecule has 0 unspecified atom stereocenters. The third-order valence-electron chi connectivity index (χ3n) is 3.95. The first-order valence-electron chi connectivity index (χ1n) is 6.60. The number of aliphatic hydroxyl groups excluding tert-OH is 1. The molecule has 1 aliphatic carbocycles. The van der Waals surface area contributed by atoms with Crippen LogP contribution in [0.2, 0.25) is 0 Å². The summed E-state index contributed by atoms with van der Waals surface area (Å²) in [6.45, 7) is 2.11. The Morgan fingerprint density at radius 3 is 2.67 bits per heavy atom. The van der Waals surface area contributed by atoms with E-state index in [1.807, 2.05) is 7.05 Å². The van der Waals surface area contributed by atoms with Crippen molar-refractivity contribution in [2.24, 2.45) is 5.92 Å². The fraction of sp³-hybridized carbons (Fsp3) is 0.643. The van der Waals surface area contributed by atoms with Crippen LogP contribution in [-0.2, 0) is 6.61 Å². The molecule has 100 valence electrons. The van der Waals surface area contributed by atoms with Crippen LogP contribution in [0.1, 0.15) is 38.2 Å². The highest BCUT2D eigenvalue weighted by Crippen LogP contribution is 2.30. The Kier molecular flexibility index (Phi) is 4.17. The number of aliphatic hydroxyl groups is 1. The average Bonchev–Trinajstić information content (AvgIpc) is 2.38. The molecule has 0 saturated heterocycles. The Morgan fingerprint density at radius 2 is 2.06 bits per heavy atom. The number of aromatic nitrogens is 1. The van der Waals surface area contributed by atoms with Crippen LogP contribution >= 0.6 is 0 Å². The number of hydrogen-bond acceptors (Lipinski definition) is 3. The number of halogens is 1. The monoisotopic (exact) mass is 252 g/mol. The molecule has 1 fully saturated rings. The molecule has 1 aliphatic rings. The molecule has 0 atom stereocenters. The van der Waals surface area contributed by atoms with Gasteiger partial charge in [-0.25, -0.2) is 9.37 Å². The van der Waals surface area contributed by atoms with E-state index in [0.29, 0.717) is 17.4 Å². The van der Waals surface area contributed by atoms with Gasteiger partial charge >= 0.3 is 0 Å². The molecule has 0 aliphatic heterocycles. The van der Waals surface area contributed by atoms with Crippen LogP contribution in [0, 0.1) is 11.7 Å². The molecule has 1 heterocycles. The summed E-state index contributed by atoms with van der Waals surface area (Å²) < 4.78 is 13.1. The number of anilines is 1. The molecule has 1 aromatic rings. The minimum Gasteiger partial charge on any atom is -0.392 e. The van der Waals surface area contributed by atoms with Crippen molar-refractivity contribution in [2.45, 2.75) is 45.3 Å². The van der Waals surface area contributed by atoms with Crippen molar-refractivity contribution in [3.05, 3.63) is 23.6 Å². The predicted octanol–water partition coefficient (Wildman–Crippen LogP) is 2.73. The first-order chi connectivity index (χ1) is 8.61. The summed E-state index contributed by atoms with van der Waals surface area (Å²) in [5, 5.41) is 9.30. The summed E-state index contributed by atoms with van der Waals surface area (Å²) in [5.41, 5.74) is 0.566. The van der Waals surface area contributed by atoms with Crippen LogP contribution in [0.15, 0.2) is 12.3 Å². The van der Waals surface area contributed by atoms with Crippen molar-refractivity contribution in [2.75, 3.05) is 11.9 Å². The molecule has 0 aromatic carbocycles. The maximum atomic E-state index is 13.1. The Labute approximate surface area is 108 Å². The Hall–Kier alpha value is -1.16. The van der Waals surface area contributed by atoms with E-state index >= 15 is 0 Å². The van der Waals surface area contributed by atoms with Gasteiger partial charge < -0.3 is 10.0 Å². The van der Waals surface area contributed by atoms with Crippen molar-refractivity contribution in [1.82, 2.24) is 4.98 Å². The molecule has 1 N–H and O–H groups in total. The largest absolute Gasteiger partial charge is 0.392 e. The topological polar surface area (TPSA) is 36.4 Å². The normalized spacial score (nSPS) is 24.0. The highest BCUT2D eigenvalue weighted by atomic mass is 19.1. The van der Waals surface area contributed by atoms with Gasteiger partial charge in [0.05, 0.1) is 12.8 Å². The van der Waals surface area contributed by atoms with E-state index in [1.165, 1.54) is 25.1 Å². The van der Waals surface area contributed by atoms with Crippen molar-refractivity contribution in [1.29, 1.82) is 0 Å². The minimum atomic E-state index is -0.395. The molecular formula is C14H21FN2O. The lowest BCUT2D eigenvalue weighted by Gasteiger charge is -2.35. The molecule has 1 aromatic heterocycles. The maximum absolute atomic E-state index is 13.1. The summed E-state index contributed by atoms with van der Waals surface area (Å²) in [5.74, 6) is 1.11.